The zero-order chi connectivity index (χ0) is 6.69. The van der Waals surface area contributed by atoms with Crippen LogP contribution < -0.4 is 0 Å². The number of Topliss-reactive ketones (excluding diaryl/α,β-unsaturated/α-hetero) is 1. The lowest BCUT2D eigenvalue weighted by atomic mass is 9.89. The van der Waals surface area contributed by atoms with Gasteiger partial charge in [-0.15, -0.1) is 12.3 Å². The first-order valence-corrected chi connectivity index (χ1v) is 3.31. The van der Waals surface area contributed by atoms with Gasteiger partial charge in [0.05, 0.1) is 0 Å². The number of hydrogen-bond donors (Lipinski definition) is 0. The largest absolute Gasteiger partial charge is 0.300 e. The van der Waals surface area contributed by atoms with Crippen molar-refractivity contribution in [2.24, 2.45) is 5.92 Å². The summed E-state index contributed by atoms with van der Waals surface area (Å²) in [6.07, 6.45) is 8.57. The van der Waals surface area contributed by atoms with Gasteiger partial charge in [0, 0.05) is 18.8 Å². The molecule has 9 heavy (non-hydrogen) atoms. The molecule has 1 aliphatic rings. The van der Waals surface area contributed by atoms with Crippen molar-refractivity contribution in [1.82, 2.24) is 0 Å². The van der Waals surface area contributed by atoms with E-state index in [1.165, 1.54) is 0 Å². The van der Waals surface area contributed by atoms with E-state index in [-0.39, 0.29) is 5.92 Å². The van der Waals surface area contributed by atoms with Crippen LogP contribution in [0.15, 0.2) is 0 Å². The van der Waals surface area contributed by atoms with Gasteiger partial charge in [-0.2, -0.15) is 0 Å². The number of terminal acetylenes is 1. The van der Waals surface area contributed by atoms with Crippen molar-refractivity contribution >= 4 is 5.78 Å². The van der Waals surface area contributed by atoms with Gasteiger partial charge in [-0.1, -0.05) is 0 Å². The second-order valence-corrected chi connectivity index (χ2v) is 2.50. The average Bonchev–Trinajstić information content (AvgIpc) is 1.88. The Hall–Kier alpha value is -0.770. The van der Waals surface area contributed by atoms with E-state index in [4.69, 9.17) is 6.42 Å². The molecule has 1 fully saturated rings. The molecule has 0 aromatic rings. The molecule has 0 amide bonds. The van der Waals surface area contributed by atoms with Crippen molar-refractivity contribution in [2.45, 2.75) is 25.7 Å². The molecule has 0 aliphatic heterocycles. The molecular formula is C8H10O. The standard InChI is InChI=1S/C8H10O/c1-2-7-4-3-5-8(9)6-7/h1,7H,3-6H2/t7-/m1/s1. The normalized spacial score (nSPS) is 27.4. The van der Waals surface area contributed by atoms with Crippen molar-refractivity contribution in [3.05, 3.63) is 0 Å². The highest BCUT2D eigenvalue weighted by atomic mass is 16.1. The molecule has 1 atom stereocenters. The second kappa shape index (κ2) is 2.68. The Labute approximate surface area is 55.4 Å². The lowest BCUT2D eigenvalue weighted by molar-refractivity contribution is -0.120. The van der Waals surface area contributed by atoms with Gasteiger partial charge in [-0.3, -0.25) is 4.79 Å². The SMILES string of the molecule is C#C[C@@H]1CCCC(=O)C1. The van der Waals surface area contributed by atoms with Crippen LogP contribution in [0.1, 0.15) is 25.7 Å². The number of ketones is 1. The zero-order valence-electron chi connectivity index (χ0n) is 5.39. The van der Waals surface area contributed by atoms with Gasteiger partial charge in [-0.05, 0) is 12.8 Å². The number of hydrogen-bond acceptors (Lipinski definition) is 1. The Morgan fingerprint density at radius 1 is 1.67 bits per heavy atom. The van der Waals surface area contributed by atoms with Crippen molar-refractivity contribution < 1.29 is 4.79 Å². The number of carbonyl (C=O) groups is 1. The Morgan fingerprint density at radius 2 is 2.44 bits per heavy atom. The number of rotatable bonds is 0. The fraction of sp³-hybridized carbons (Fsp3) is 0.625. The van der Waals surface area contributed by atoms with E-state index < -0.39 is 0 Å². The lowest BCUT2D eigenvalue weighted by Crippen LogP contribution is -2.12. The van der Waals surface area contributed by atoms with Gasteiger partial charge < -0.3 is 0 Å². The van der Waals surface area contributed by atoms with Gasteiger partial charge >= 0.3 is 0 Å². The Balaban J connectivity index is 2.43. The highest BCUT2D eigenvalue weighted by molar-refractivity contribution is 5.79. The summed E-state index contributed by atoms with van der Waals surface area (Å²) in [5.74, 6) is 3.19. The minimum Gasteiger partial charge on any atom is -0.300 e. The van der Waals surface area contributed by atoms with Gasteiger partial charge in [0.25, 0.3) is 0 Å². The molecular weight excluding hydrogens is 112 g/mol. The summed E-state index contributed by atoms with van der Waals surface area (Å²) in [6.45, 7) is 0. The fourth-order valence-corrected chi connectivity index (χ4v) is 1.17. The van der Waals surface area contributed by atoms with E-state index in [9.17, 15) is 4.79 Å². The summed E-state index contributed by atoms with van der Waals surface area (Å²) in [6, 6.07) is 0. The van der Waals surface area contributed by atoms with Gasteiger partial charge in [0.2, 0.25) is 0 Å². The van der Waals surface area contributed by atoms with Crippen molar-refractivity contribution in [3.63, 3.8) is 0 Å². The highest BCUT2D eigenvalue weighted by Gasteiger charge is 2.16. The molecule has 0 N–H and O–H groups in total. The van der Waals surface area contributed by atoms with Crippen LogP contribution in [-0.2, 0) is 4.79 Å². The summed E-state index contributed by atoms with van der Waals surface area (Å²) < 4.78 is 0. The van der Waals surface area contributed by atoms with Crippen molar-refractivity contribution in [1.29, 1.82) is 0 Å². The average molecular weight is 122 g/mol. The Morgan fingerprint density at radius 3 is 2.89 bits per heavy atom. The van der Waals surface area contributed by atoms with E-state index >= 15 is 0 Å². The molecule has 0 heterocycles. The molecule has 1 aliphatic carbocycles. The van der Waals surface area contributed by atoms with E-state index in [1.54, 1.807) is 0 Å². The molecule has 1 saturated carbocycles. The molecule has 0 aromatic carbocycles. The van der Waals surface area contributed by atoms with Gasteiger partial charge in [0.1, 0.15) is 5.78 Å². The molecule has 0 saturated heterocycles. The maximum atomic E-state index is 10.7. The molecule has 0 spiro atoms. The third-order valence-corrected chi connectivity index (χ3v) is 1.72. The zero-order valence-corrected chi connectivity index (χ0v) is 5.39. The maximum Gasteiger partial charge on any atom is 0.134 e. The monoisotopic (exact) mass is 122 g/mol. The summed E-state index contributed by atoms with van der Waals surface area (Å²) >= 11 is 0. The predicted octanol–water partition coefficient (Wildman–Crippen LogP) is 1.38. The van der Waals surface area contributed by atoms with Crippen molar-refractivity contribution in [2.75, 3.05) is 0 Å². The first-order chi connectivity index (χ1) is 4.33. The maximum absolute atomic E-state index is 10.7. The minimum absolute atomic E-state index is 0.242. The molecule has 48 valence electrons. The third-order valence-electron chi connectivity index (χ3n) is 1.72. The van der Waals surface area contributed by atoms with Crippen LogP contribution in [0.3, 0.4) is 0 Å². The Kier molecular flexibility index (Phi) is 1.89. The molecule has 0 bridgehead atoms. The smallest absolute Gasteiger partial charge is 0.134 e. The molecule has 0 aromatic heterocycles. The summed E-state index contributed by atoms with van der Waals surface area (Å²) in [5, 5.41) is 0. The lowest BCUT2D eigenvalue weighted by Gasteiger charge is -2.14. The van der Waals surface area contributed by atoms with E-state index in [2.05, 4.69) is 5.92 Å². The van der Waals surface area contributed by atoms with Crippen LogP contribution in [0.5, 0.6) is 0 Å². The van der Waals surface area contributed by atoms with E-state index in [1.807, 2.05) is 0 Å². The molecule has 1 rings (SSSR count). The van der Waals surface area contributed by atoms with Crippen LogP contribution in [0.2, 0.25) is 0 Å². The quantitative estimate of drug-likeness (QED) is 0.443. The number of carbonyl (C=O) groups excluding carboxylic acids is 1. The minimum atomic E-state index is 0.242. The summed E-state index contributed by atoms with van der Waals surface area (Å²) in [4.78, 5) is 10.7. The summed E-state index contributed by atoms with van der Waals surface area (Å²) in [7, 11) is 0. The third kappa shape index (κ3) is 1.57. The Bertz CT molecular complexity index is 152. The summed E-state index contributed by atoms with van der Waals surface area (Å²) in [5.41, 5.74) is 0. The van der Waals surface area contributed by atoms with Crippen LogP contribution in [0, 0.1) is 18.3 Å². The second-order valence-electron chi connectivity index (χ2n) is 2.50. The van der Waals surface area contributed by atoms with E-state index in [0.717, 1.165) is 19.3 Å². The topological polar surface area (TPSA) is 17.1 Å². The van der Waals surface area contributed by atoms with Crippen LogP contribution in [0.4, 0.5) is 0 Å². The van der Waals surface area contributed by atoms with Gasteiger partial charge in [0.15, 0.2) is 0 Å². The molecule has 1 nitrogen and oxygen atoms in total. The van der Waals surface area contributed by atoms with Crippen LogP contribution in [0.25, 0.3) is 0 Å². The van der Waals surface area contributed by atoms with Crippen LogP contribution in [-0.4, -0.2) is 5.78 Å². The predicted molar refractivity (Wildman–Crippen MR) is 35.8 cm³/mol. The molecule has 0 unspecified atom stereocenters. The van der Waals surface area contributed by atoms with Crippen molar-refractivity contribution in [3.8, 4) is 12.3 Å². The van der Waals surface area contributed by atoms with E-state index in [0.29, 0.717) is 12.2 Å². The van der Waals surface area contributed by atoms with Gasteiger partial charge in [-0.25, -0.2) is 0 Å². The fourth-order valence-electron chi connectivity index (χ4n) is 1.17. The highest BCUT2D eigenvalue weighted by Crippen LogP contribution is 2.19. The molecule has 1 heteroatoms. The molecule has 0 radical (unpaired) electrons. The van der Waals surface area contributed by atoms with Crippen LogP contribution >= 0.6 is 0 Å². The first kappa shape index (κ1) is 6.35. The first-order valence-electron chi connectivity index (χ1n) is 3.31.